The van der Waals surface area contributed by atoms with Crippen LogP contribution in [0.15, 0.2) is 73.2 Å². The van der Waals surface area contributed by atoms with Crippen LogP contribution in [0.25, 0.3) is 0 Å². The van der Waals surface area contributed by atoms with E-state index in [4.69, 9.17) is 19.7 Å². The summed E-state index contributed by atoms with van der Waals surface area (Å²) in [6.45, 7) is 16.8. The number of pyridine rings is 1. The first-order chi connectivity index (χ1) is 20.1. The Morgan fingerprint density at radius 2 is 1.31 bits per heavy atom. The van der Waals surface area contributed by atoms with Gasteiger partial charge in [0.15, 0.2) is 17.9 Å². The van der Waals surface area contributed by atoms with E-state index in [-0.39, 0.29) is 12.0 Å². The maximum Gasteiger partial charge on any atom is 0.190 e. The lowest BCUT2D eigenvalue weighted by Gasteiger charge is -2.49. The normalized spacial score (nSPS) is 19.1. The summed E-state index contributed by atoms with van der Waals surface area (Å²) in [7, 11) is -2.38. The standard InChI is InChI=1S/C33H46N5O2Si2/c1-41(2,3)21-19-39-24-37-30(14-16-34-37)33(31-15-17-35-38(31)25-40-20-22-42(4,5)6)23-29-26-11-7-8-12-27(26)32(33)28-13-9-10-18-36(28)29/h7-18,29,32H,19-25H2,1-6H3/q+1/t29-,32+/m1/s1. The van der Waals surface area contributed by atoms with Crippen LogP contribution in [0.1, 0.15) is 46.6 Å². The molecule has 0 spiro atoms. The lowest BCUT2D eigenvalue weighted by atomic mass is 9.55. The van der Waals surface area contributed by atoms with Gasteiger partial charge in [0.1, 0.15) is 13.5 Å². The van der Waals surface area contributed by atoms with Crippen LogP contribution in [0.3, 0.4) is 0 Å². The molecule has 1 aliphatic carbocycles. The summed E-state index contributed by atoms with van der Waals surface area (Å²) in [5.74, 6) is 0.0924. The molecule has 0 fully saturated rings. The second kappa shape index (κ2) is 11.3. The fourth-order valence-corrected chi connectivity index (χ4v) is 8.37. The molecule has 2 bridgehead atoms. The summed E-state index contributed by atoms with van der Waals surface area (Å²) < 4.78 is 19.3. The molecule has 3 aliphatic rings. The molecule has 2 aliphatic heterocycles. The molecule has 5 heterocycles. The molecule has 222 valence electrons. The van der Waals surface area contributed by atoms with Crippen molar-refractivity contribution in [2.45, 2.75) is 88.6 Å². The molecular weight excluding hydrogens is 555 g/mol. The number of rotatable bonds is 12. The van der Waals surface area contributed by atoms with Crippen molar-refractivity contribution in [3.8, 4) is 0 Å². The zero-order valence-electron chi connectivity index (χ0n) is 26.1. The van der Waals surface area contributed by atoms with Crippen molar-refractivity contribution >= 4 is 16.1 Å². The third-order valence-corrected chi connectivity index (χ3v) is 12.4. The SMILES string of the molecule is C[Si](C)(C)CCOCn1nccc1C1(c2ccnn2COCC[Si](C)(C)C)C[C@@H]2c3ccccc3[C@H]1c1cccc[n+]12. The number of hydrogen-bond acceptors (Lipinski definition) is 4. The highest BCUT2D eigenvalue weighted by atomic mass is 28.3. The number of nitrogens with zero attached hydrogens (tertiary/aromatic N) is 5. The van der Waals surface area contributed by atoms with Crippen LogP contribution >= 0.6 is 0 Å². The minimum absolute atomic E-state index is 0.0924. The number of aromatic nitrogens is 5. The van der Waals surface area contributed by atoms with E-state index in [0.717, 1.165) is 31.7 Å². The number of benzene rings is 1. The number of ether oxygens (including phenoxy) is 2. The third-order valence-electron chi connectivity index (χ3n) is 9.00. The van der Waals surface area contributed by atoms with E-state index < -0.39 is 21.6 Å². The predicted molar refractivity (Wildman–Crippen MR) is 171 cm³/mol. The van der Waals surface area contributed by atoms with Crippen molar-refractivity contribution in [2.24, 2.45) is 0 Å². The van der Waals surface area contributed by atoms with Crippen molar-refractivity contribution in [3.05, 3.63) is 101 Å². The fraction of sp³-hybridized carbons (Fsp3) is 0.485. The lowest BCUT2D eigenvalue weighted by molar-refractivity contribution is -0.732. The monoisotopic (exact) mass is 600 g/mol. The summed E-state index contributed by atoms with van der Waals surface area (Å²) >= 11 is 0. The van der Waals surface area contributed by atoms with Crippen molar-refractivity contribution < 1.29 is 14.0 Å². The molecule has 3 aromatic heterocycles. The van der Waals surface area contributed by atoms with Crippen LogP contribution in [0.2, 0.25) is 51.4 Å². The first-order valence-corrected chi connectivity index (χ1v) is 22.8. The Balaban J connectivity index is 1.45. The summed E-state index contributed by atoms with van der Waals surface area (Å²) in [4.78, 5) is 0. The van der Waals surface area contributed by atoms with Gasteiger partial charge in [-0.05, 0) is 29.8 Å². The van der Waals surface area contributed by atoms with Gasteiger partial charge in [0.25, 0.3) is 0 Å². The van der Waals surface area contributed by atoms with Crippen molar-refractivity contribution in [2.75, 3.05) is 13.2 Å². The Bertz CT molecular complexity index is 1430. The molecule has 0 N–H and O–H groups in total. The molecule has 2 atom stereocenters. The quantitative estimate of drug-likeness (QED) is 0.107. The van der Waals surface area contributed by atoms with Gasteiger partial charge in [0.05, 0.1) is 22.7 Å². The average Bonchev–Trinajstić information content (AvgIpc) is 3.63. The third kappa shape index (κ3) is 5.47. The average molecular weight is 601 g/mol. The zero-order chi connectivity index (χ0) is 29.5. The van der Waals surface area contributed by atoms with E-state index in [0.29, 0.717) is 13.5 Å². The maximum atomic E-state index is 6.30. The Labute approximate surface area is 252 Å². The van der Waals surface area contributed by atoms with Crippen molar-refractivity contribution in [1.82, 2.24) is 19.6 Å². The summed E-state index contributed by atoms with van der Waals surface area (Å²) in [5.41, 5.74) is 6.10. The van der Waals surface area contributed by atoms with Crippen molar-refractivity contribution in [1.29, 1.82) is 0 Å². The zero-order valence-corrected chi connectivity index (χ0v) is 28.1. The molecular formula is C33H46N5O2Si2+. The van der Waals surface area contributed by atoms with E-state index in [2.05, 4.69) is 114 Å². The molecule has 0 amide bonds. The minimum atomic E-state index is -1.19. The van der Waals surface area contributed by atoms with Crippen LogP contribution in [-0.2, 0) is 28.4 Å². The first kappa shape index (κ1) is 29.2. The molecule has 4 aromatic rings. The van der Waals surface area contributed by atoms with Gasteiger partial charge in [0, 0.05) is 65.9 Å². The highest BCUT2D eigenvalue weighted by molar-refractivity contribution is 6.76. The van der Waals surface area contributed by atoms with Crippen LogP contribution in [0.4, 0.5) is 0 Å². The van der Waals surface area contributed by atoms with Crippen LogP contribution in [0, 0.1) is 0 Å². The van der Waals surface area contributed by atoms with E-state index >= 15 is 0 Å². The highest BCUT2D eigenvalue weighted by Crippen LogP contribution is 2.59. The number of fused-ring (bicyclic) bond motifs is 1. The van der Waals surface area contributed by atoms with Gasteiger partial charge in [0.2, 0.25) is 0 Å². The van der Waals surface area contributed by atoms with Gasteiger partial charge in [-0.2, -0.15) is 14.8 Å². The van der Waals surface area contributed by atoms with Crippen LogP contribution in [0.5, 0.6) is 0 Å². The summed E-state index contributed by atoms with van der Waals surface area (Å²) in [6, 6.07) is 22.5. The first-order valence-electron chi connectivity index (χ1n) is 15.4. The van der Waals surface area contributed by atoms with Crippen molar-refractivity contribution in [3.63, 3.8) is 0 Å². The Kier molecular flexibility index (Phi) is 7.89. The molecule has 7 rings (SSSR count). The smallest absolute Gasteiger partial charge is 0.190 e. The maximum absolute atomic E-state index is 6.30. The Hall–Kier alpha value is -2.86. The minimum Gasteiger partial charge on any atom is -0.360 e. The molecule has 0 saturated heterocycles. The molecule has 7 nitrogen and oxygen atoms in total. The summed E-state index contributed by atoms with van der Waals surface area (Å²) in [5, 5.41) is 9.70. The molecule has 0 radical (unpaired) electrons. The van der Waals surface area contributed by atoms with Gasteiger partial charge in [-0.25, -0.2) is 9.36 Å². The number of hydrogen-bond donors (Lipinski definition) is 0. The molecule has 42 heavy (non-hydrogen) atoms. The lowest BCUT2D eigenvalue weighted by Crippen LogP contribution is -2.60. The largest absolute Gasteiger partial charge is 0.360 e. The fourth-order valence-electron chi connectivity index (χ4n) is 6.86. The topological polar surface area (TPSA) is 58.0 Å². The Morgan fingerprint density at radius 3 is 1.88 bits per heavy atom. The second-order valence-electron chi connectivity index (χ2n) is 14.4. The van der Waals surface area contributed by atoms with E-state index in [9.17, 15) is 0 Å². The van der Waals surface area contributed by atoms with Gasteiger partial charge in [-0.1, -0.05) is 69.6 Å². The molecule has 0 saturated carbocycles. The predicted octanol–water partition coefficient (Wildman–Crippen LogP) is 6.42. The van der Waals surface area contributed by atoms with Crippen LogP contribution < -0.4 is 4.57 Å². The van der Waals surface area contributed by atoms with E-state index in [1.54, 1.807) is 0 Å². The molecule has 1 aromatic carbocycles. The van der Waals surface area contributed by atoms with Gasteiger partial charge < -0.3 is 9.47 Å². The van der Waals surface area contributed by atoms with Gasteiger partial charge in [-0.15, -0.1) is 0 Å². The van der Waals surface area contributed by atoms with E-state index in [1.165, 1.54) is 28.2 Å². The molecule has 9 heteroatoms. The Morgan fingerprint density at radius 1 is 0.762 bits per heavy atom. The van der Waals surface area contributed by atoms with Gasteiger partial charge in [-0.3, -0.25) is 0 Å². The summed E-state index contributed by atoms with van der Waals surface area (Å²) in [6.07, 6.45) is 7.05. The van der Waals surface area contributed by atoms with E-state index in [1.807, 2.05) is 12.4 Å². The van der Waals surface area contributed by atoms with Gasteiger partial charge >= 0.3 is 0 Å². The van der Waals surface area contributed by atoms with Crippen LogP contribution in [-0.4, -0.2) is 48.9 Å². The second-order valence-corrected chi connectivity index (χ2v) is 25.7. The highest BCUT2D eigenvalue weighted by Gasteiger charge is 2.61. The molecule has 0 unspecified atom stereocenters.